The maximum atomic E-state index is 6.01. The summed E-state index contributed by atoms with van der Waals surface area (Å²) >= 11 is 0. The quantitative estimate of drug-likeness (QED) is 0.836. The number of nitrogens with zero attached hydrogens (tertiary/aromatic N) is 2. The van der Waals surface area contributed by atoms with E-state index in [9.17, 15) is 0 Å². The van der Waals surface area contributed by atoms with Crippen LogP contribution in [0.5, 0.6) is 0 Å². The number of nitrogen functional groups attached to an aromatic ring is 1. The molecule has 2 heterocycles. The van der Waals surface area contributed by atoms with E-state index in [1.807, 2.05) is 24.4 Å². The second-order valence-electron chi connectivity index (χ2n) is 5.11. The average molecular weight is 257 g/mol. The molecule has 0 bridgehead atoms. The van der Waals surface area contributed by atoms with E-state index in [0.717, 1.165) is 42.9 Å². The zero-order valence-corrected chi connectivity index (χ0v) is 11.2. The molecule has 2 N–H and O–H groups in total. The lowest BCUT2D eigenvalue weighted by molar-refractivity contribution is -0.00420. The lowest BCUT2D eigenvalue weighted by Crippen LogP contribution is -2.42. The number of anilines is 1. The first-order valence-corrected chi connectivity index (χ1v) is 6.69. The summed E-state index contributed by atoms with van der Waals surface area (Å²) in [6, 6.07) is 8.48. The highest BCUT2D eigenvalue weighted by molar-refractivity contribution is 5.92. The second kappa shape index (κ2) is 5.15. The molecule has 1 aromatic carbocycles. The van der Waals surface area contributed by atoms with Gasteiger partial charge in [-0.05, 0) is 30.7 Å². The van der Waals surface area contributed by atoms with Gasteiger partial charge in [0.1, 0.15) is 0 Å². The van der Waals surface area contributed by atoms with Crippen molar-refractivity contribution < 1.29 is 4.74 Å². The van der Waals surface area contributed by atoms with E-state index in [1.165, 1.54) is 5.56 Å². The van der Waals surface area contributed by atoms with Gasteiger partial charge in [-0.25, -0.2) is 0 Å². The van der Waals surface area contributed by atoms with Gasteiger partial charge >= 0.3 is 0 Å². The van der Waals surface area contributed by atoms with Crippen molar-refractivity contribution in [1.29, 1.82) is 0 Å². The SMILES string of the molecule is CC1COCCN1Cc1ccc(N)c2cccnc12. The third kappa shape index (κ3) is 2.41. The van der Waals surface area contributed by atoms with Gasteiger partial charge in [-0.1, -0.05) is 6.07 Å². The zero-order chi connectivity index (χ0) is 13.2. The average Bonchev–Trinajstić information content (AvgIpc) is 2.44. The van der Waals surface area contributed by atoms with E-state index in [-0.39, 0.29) is 0 Å². The Labute approximate surface area is 113 Å². The molecule has 0 aliphatic carbocycles. The van der Waals surface area contributed by atoms with E-state index in [2.05, 4.69) is 22.9 Å². The van der Waals surface area contributed by atoms with Crippen LogP contribution < -0.4 is 5.73 Å². The Morgan fingerprint density at radius 1 is 1.42 bits per heavy atom. The highest BCUT2D eigenvalue weighted by atomic mass is 16.5. The minimum atomic E-state index is 0.449. The highest BCUT2D eigenvalue weighted by Gasteiger charge is 2.19. The smallest absolute Gasteiger partial charge is 0.0767 e. The molecule has 1 atom stereocenters. The summed E-state index contributed by atoms with van der Waals surface area (Å²) in [6.45, 7) is 5.69. The van der Waals surface area contributed by atoms with Gasteiger partial charge in [-0.2, -0.15) is 0 Å². The maximum absolute atomic E-state index is 6.01. The van der Waals surface area contributed by atoms with Crippen molar-refractivity contribution in [3.63, 3.8) is 0 Å². The summed E-state index contributed by atoms with van der Waals surface area (Å²) in [5.74, 6) is 0. The number of pyridine rings is 1. The van der Waals surface area contributed by atoms with Gasteiger partial charge in [0.25, 0.3) is 0 Å². The Kier molecular flexibility index (Phi) is 3.36. The van der Waals surface area contributed by atoms with Crippen molar-refractivity contribution in [3.8, 4) is 0 Å². The topological polar surface area (TPSA) is 51.4 Å². The molecule has 100 valence electrons. The van der Waals surface area contributed by atoms with Gasteiger partial charge in [-0.3, -0.25) is 9.88 Å². The standard InChI is InChI=1S/C15H19N3O/c1-11-10-19-8-7-18(11)9-12-4-5-14(16)13-3-2-6-17-15(12)13/h2-6,11H,7-10,16H2,1H3. The number of fused-ring (bicyclic) bond motifs is 1. The van der Waals surface area contributed by atoms with Crippen molar-refractivity contribution in [2.45, 2.75) is 19.5 Å². The van der Waals surface area contributed by atoms with Crippen molar-refractivity contribution in [2.75, 3.05) is 25.5 Å². The van der Waals surface area contributed by atoms with Crippen LogP contribution in [0.2, 0.25) is 0 Å². The predicted molar refractivity (Wildman–Crippen MR) is 76.8 cm³/mol. The number of benzene rings is 1. The number of hydrogen-bond acceptors (Lipinski definition) is 4. The van der Waals surface area contributed by atoms with Crippen molar-refractivity contribution >= 4 is 16.6 Å². The fourth-order valence-electron chi connectivity index (χ4n) is 2.60. The molecule has 1 unspecified atom stereocenters. The van der Waals surface area contributed by atoms with Gasteiger partial charge in [0.2, 0.25) is 0 Å². The maximum Gasteiger partial charge on any atom is 0.0767 e. The van der Waals surface area contributed by atoms with Crippen LogP contribution in [0.15, 0.2) is 30.5 Å². The van der Waals surface area contributed by atoms with Crippen LogP contribution in [-0.4, -0.2) is 35.7 Å². The van der Waals surface area contributed by atoms with Gasteiger partial charge in [0.05, 0.1) is 18.7 Å². The number of aromatic nitrogens is 1. The fraction of sp³-hybridized carbons (Fsp3) is 0.400. The molecule has 0 amide bonds. The van der Waals surface area contributed by atoms with Gasteiger partial charge in [0.15, 0.2) is 0 Å². The van der Waals surface area contributed by atoms with Crippen LogP contribution in [0.3, 0.4) is 0 Å². The zero-order valence-electron chi connectivity index (χ0n) is 11.2. The van der Waals surface area contributed by atoms with E-state index in [0.29, 0.717) is 6.04 Å². The summed E-state index contributed by atoms with van der Waals surface area (Å²) in [5, 5.41) is 1.04. The van der Waals surface area contributed by atoms with Gasteiger partial charge < -0.3 is 10.5 Å². The predicted octanol–water partition coefficient (Wildman–Crippen LogP) is 2.04. The third-order valence-corrected chi connectivity index (χ3v) is 3.77. The molecule has 4 nitrogen and oxygen atoms in total. The van der Waals surface area contributed by atoms with E-state index < -0.39 is 0 Å². The lowest BCUT2D eigenvalue weighted by Gasteiger charge is -2.33. The number of nitrogens with two attached hydrogens (primary N) is 1. The molecule has 0 saturated carbocycles. The van der Waals surface area contributed by atoms with Crippen LogP contribution in [0.4, 0.5) is 5.69 Å². The Balaban J connectivity index is 1.94. The molecular weight excluding hydrogens is 238 g/mol. The Hall–Kier alpha value is -1.65. The minimum Gasteiger partial charge on any atom is -0.398 e. The summed E-state index contributed by atoms with van der Waals surface area (Å²) in [7, 11) is 0. The van der Waals surface area contributed by atoms with Gasteiger partial charge in [-0.15, -0.1) is 0 Å². The van der Waals surface area contributed by atoms with Crippen LogP contribution >= 0.6 is 0 Å². The molecule has 2 aromatic rings. The Morgan fingerprint density at radius 2 is 2.32 bits per heavy atom. The minimum absolute atomic E-state index is 0.449. The molecule has 0 spiro atoms. The Bertz CT molecular complexity index is 585. The fourth-order valence-corrected chi connectivity index (χ4v) is 2.60. The van der Waals surface area contributed by atoms with Gasteiger partial charge in [0, 0.05) is 36.4 Å². The van der Waals surface area contributed by atoms with Crippen LogP contribution in [0, 0.1) is 0 Å². The molecule has 1 fully saturated rings. The van der Waals surface area contributed by atoms with E-state index in [1.54, 1.807) is 0 Å². The first-order chi connectivity index (χ1) is 9.25. The van der Waals surface area contributed by atoms with Crippen molar-refractivity contribution in [1.82, 2.24) is 9.88 Å². The monoisotopic (exact) mass is 257 g/mol. The molecule has 1 aliphatic heterocycles. The van der Waals surface area contributed by atoms with Crippen LogP contribution in [0.25, 0.3) is 10.9 Å². The van der Waals surface area contributed by atoms with Crippen molar-refractivity contribution in [3.05, 3.63) is 36.0 Å². The number of hydrogen-bond donors (Lipinski definition) is 1. The normalized spacial score (nSPS) is 20.8. The Morgan fingerprint density at radius 3 is 3.16 bits per heavy atom. The summed E-state index contributed by atoms with van der Waals surface area (Å²) in [5.41, 5.74) is 9.06. The third-order valence-electron chi connectivity index (χ3n) is 3.77. The molecule has 1 aliphatic rings. The molecule has 0 radical (unpaired) electrons. The van der Waals surface area contributed by atoms with E-state index in [4.69, 9.17) is 10.5 Å². The summed E-state index contributed by atoms with van der Waals surface area (Å²) < 4.78 is 5.48. The van der Waals surface area contributed by atoms with Crippen molar-refractivity contribution in [2.24, 2.45) is 0 Å². The summed E-state index contributed by atoms with van der Waals surface area (Å²) in [6.07, 6.45) is 1.83. The molecule has 1 saturated heterocycles. The number of rotatable bonds is 2. The second-order valence-corrected chi connectivity index (χ2v) is 5.11. The van der Waals surface area contributed by atoms with E-state index >= 15 is 0 Å². The molecule has 19 heavy (non-hydrogen) atoms. The molecule has 3 rings (SSSR count). The summed E-state index contributed by atoms with van der Waals surface area (Å²) in [4.78, 5) is 6.93. The van der Waals surface area contributed by atoms with Crippen LogP contribution in [0.1, 0.15) is 12.5 Å². The first kappa shape index (κ1) is 12.4. The molecule has 1 aromatic heterocycles. The molecular formula is C15H19N3O. The van der Waals surface area contributed by atoms with Crippen LogP contribution in [-0.2, 0) is 11.3 Å². The number of ether oxygens (including phenoxy) is 1. The first-order valence-electron chi connectivity index (χ1n) is 6.69. The lowest BCUT2D eigenvalue weighted by atomic mass is 10.1. The highest BCUT2D eigenvalue weighted by Crippen LogP contribution is 2.24. The number of morpholine rings is 1. The molecule has 4 heteroatoms. The largest absolute Gasteiger partial charge is 0.398 e.